The number of benzene rings is 2. The van der Waals surface area contributed by atoms with Gasteiger partial charge in [0, 0.05) is 51.4 Å². The monoisotopic (exact) mass is 520 g/mol. The van der Waals surface area contributed by atoms with Crippen LogP contribution in [0.1, 0.15) is 40.4 Å². The molecule has 1 atom stereocenters. The molecule has 1 fully saturated rings. The Hall–Kier alpha value is -4.01. The lowest BCUT2D eigenvalue weighted by atomic mass is 10.0. The Kier molecular flexibility index (Phi) is 8.01. The van der Waals surface area contributed by atoms with Crippen LogP contribution < -0.4 is 5.32 Å². The van der Waals surface area contributed by atoms with Gasteiger partial charge in [-0.25, -0.2) is 13.4 Å². The van der Waals surface area contributed by atoms with Gasteiger partial charge < -0.3 is 14.8 Å². The normalized spacial score (nSPS) is 17.9. The molecule has 1 unspecified atom stereocenters. The van der Waals surface area contributed by atoms with Crippen LogP contribution in [0, 0.1) is 11.3 Å². The Bertz CT molecular complexity index is 1400. The maximum Gasteiger partial charge on any atom is 0.262 e. The molecule has 0 aliphatic carbocycles. The van der Waals surface area contributed by atoms with Crippen LogP contribution in [0.15, 0.2) is 72.1 Å². The Morgan fingerprint density at radius 1 is 1.08 bits per heavy atom. The largest absolute Gasteiger partial charge is 0.354 e. The minimum Gasteiger partial charge on any atom is -0.354 e. The van der Waals surface area contributed by atoms with Crippen LogP contribution >= 0.6 is 0 Å². The van der Waals surface area contributed by atoms with Crippen molar-refractivity contribution in [3.63, 3.8) is 0 Å². The highest BCUT2D eigenvalue weighted by atomic mass is 32.2. The van der Waals surface area contributed by atoms with E-state index >= 15 is 0 Å². The van der Waals surface area contributed by atoms with Crippen LogP contribution in [0.3, 0.4) is 0 Å². The highest BCUT2D eigenvalue weighted by molar-refractivity contribution is 7.89. The van der Waals surface area contributed by atoms with Crippen LogP contribution in [-0.2, 0) is 21.9 Å². The number of nitriles is 1. The minimum atomic E-state index is -4.05. The van der Waals surface area contributed by atoms with E-state index in [1.165, 1.54) is 16.8 Å². The summed E-state index contributed by atoms with van der Waals surface area (Å²) in [5, 5.41) is 11.8. The Morgan fingerprint density at radius 3 is 2.46 bits per heavy atom. The molecular weight excluding hydrogens is 492 g/mol. The third kappa shape index (κ3) is 6.04. The summed E-state index contributed by atoms with van der Waals surface area (Å²) >= 11 is 0. The van der Waals surface area contributed by atoms with Gasteiger partial charge in [0.05, 0.1) is 24.0 Å². The van der Waals surface area contributed by atoms with Crippen molar-refractivity contribution in [2.45, 2.75) is 23.9 Å². The topological polar surface area (TPSA) is 128 Å². The van der Waals surface area contributed by atoms with Gasteiger partial charge in [0.1, 0.15) is 0 Å². The number of carbonyl (C=O) groups is 2. The van der Waals surface area contributed by atoms with Crippen molar-refractivity contribution < 1.29 is 18.0 Å². The fourth-order valence-electron chi connectivity index (χ4n) is 4.33. The molecule has 2 amide bonds. The van der Waals surface area contributed by atoms with Crippen molar-refractivity contribution in [1.29, 1.82) is 5.26 Å². The zero-order valence-corrected chi connectivity index (χ0v) is 21.3. The molecule has 1 N–H and O–H groups in total. The highest BCUT2D eigenvalue weighted by Gasteiger charge is 2.35. The van der Waals surface area contributed by atoms with E-state index in [2.05, 4.69) is 10.3 Å². The SMILES string of the molecule is Cn1cnc(S(=O)(=O)N2CCCN(C(=O)c3ccc(C#N)cc3)CCNC(=O)CC2c2ccccc2)c1. The maximum atomic E-state index is 13.7. The van der Waals surface area contributed by atoms with Crippen molar-refractivity contribution in [3.8, 4) is 6.07 Å². The molecule has 10 nitrogen and oxygen atoms in total. The molecule has 0 radical (unpaired) electrons. The Labute approximate surface area is 216 Å². The van der Waals surface area contributed by atoms with Gasteiger partial charge in [-0.05, 0) is 36.2 Å². The van der Waals surface area contributed by atoms with Crippen molar-refractivity contribution in [2.24, 2.45) is 7.05 Å². The van der Waals surface area contributed by atoms with Crippen LogP contribution in [-0.4, -0.2) is 65.2 Å². The molecule has 1 aliphatic rings. The maximum absolute atomic E-state index is 13.7. The second-order valence-electron chi connectivity index (χ2n) is 8.81. The number of nitrogens with zero attached hydrogens (tertiary/aromatic N) is 5. The van der Waals surface area contributed by atoms with Crippen molar-refractivity contribution in [1.82, 2.24) is 24.1 Å². The molecule has 1 aliphatic heterocycles. The van der Waals surface area contributed by atoms with Crippen LogP contribution in [0.4, 0.5) is 0 Å². The molecule has 2 aromatic carbocycles. The summed E-state index contributed by atoms with van der Waals surface area (Å²) in [6.07, 6.45) is 3.13. The second-order valence-corrected chi connectivity index (χ2v) is 10.6. The first-order chi connectivity index (χ1) is 17.8. The zero-order chi connectivity index (χ0) is 26.4. The minimum absolute atomic E-state index is 0.0698. The summed E-state index contributed by atoms with van der Waals surface area (Å²) in [5.74, 6) is -0.570. The predicted molar refractivity (Wildman–Crippen MR) is 136 cm³/mol. The lowest BCUT2D eigenvalue weighted by Crippen LogP contribution is -2.39. The molecule has 192 valence electrons. The van der Waals surface area contributed by atoms with Gasteiger partial charge in [0.25, 0.3) is 15.9 Å². The molecule has 1 saturated heterocycles. The molecular formula is C26H28N6O4S. The standard InChI is InChI=1S/C26H28N6O4S/c1-30-18-25(29-19-30)37(35,36)32-14-5-13-31(26(34)22-10-8-20(17-27)9-11-22)15-12-28-24(33)16-23(32)21-6-3-2-4-7-21/h2-4,6-11,18-19,23H,5,12-16H2,1H3,(H,28,33). The van der Waals surface area contributed by atoms with E-state index in [-0.39, 0.29) is 49.4 Å². The molecule has 0 saturated carbocycles. The lowest BCUT2D eigenvalue weighted by molar-refractivity contribution is -0.122. The quantitative estimate of drug-likeness (QED) is 0.561. The number of hydrogen-bond acceptors (Lipinski definition) is 6. The molecule has 2 heterocycles. The van der Waals surface area contributed by atoms with Gasteiger partial charge in [-0.15, -0.1) is 0 Å². The van der Waals surface area contributed by atoms with Crippen molar-refractivity contribution in [2.75, 3.05) is 26.2 Å². The van der Waals surface area contributed by atoms with Crippen LogP contribution in [0.2, 0.25) is 0 Å². The fraction of sp³-hybridized carbons (Fsp3) is 0.308. The summed E-state index contributed by atoms with van der Waals surface area (Å²) in [6, 6.07) is 16.7. The summed E-state index contributed by atoms with van der Waals surface area (Å²) in [5.41, 5.74) is 1.56. The van der Waals surface area contributed by atoms with Gasteiger partial charge in [0.15, 0.2) is 5.03 Å². The summed E-state index contributed by atoms with van der Waals surface area (Å²) in [6.45, 7) is 0.871. The Balaban J connectivity index is 1.66. The van der Waals surface area contributed by atoms with Crippen LogP contribution in [0.25, 0.3) is 0 Å². The average Bonchev–Trinajstić information content (AvgIpc) is 3.34. The third-order valence-electron chi connectivity index (χ3n) is 6.22. The number of aryl methyl sites for hydroxylation is 1. The van der Waals surface area contributed by atoms with Gasteiger partial charge in [-0.2, -0.15) is 9.57 Å². The van der Waals surface area contributed by atoms with Crippen molar-refractivity contribution in [3.05, 3.63) is 83.8 Å². The lowest BCUT2D eigenvalue weighted by Gasteiger charge is -2.30. The molecule has 37 heavy (non-hydrogen) atoms. The first-order valence-corrected chi connectivity index (χ1v) is 13.3. The van der Waals surface area contributed by atoms with Gasteiger partial charge in [0.2, 0.25) is 5.91 Å². The van der Waals surface area contributed by atoms with E-state index in [9.17, 15) is 18.0 Å². The van der Waals surface area contributed by atoms with Gasteiger partial charge in [-0.3, -0.25) is 9.59 Å². The Morgan fingerprint density at radius 2 is 1.81 bits per heavy atom. The molecule has 11 heteroatoms. The van der Waals surface area contributed by atoms with E-state index < -0.39 is 16.1 Å². The molecule has 3 aromatic rings. The number of sulfonamides is 1. The summed E-state index contributed by atoms with van der Waals surface area (Å²) < 4.78 is 30.4. The molecule has 4 rings (SSSR count). The summed E-state index contributed by atoms with van der Waals surface area (Å²) in [4.78, 5) is 31.8. The van der Waals surface area contributed by atoms with E-state index in [0.29, 0.717) is 23.1 Å². The van der Waals surface area contributed by atoms with Gasteiger partial charge in [-0.1, -0.05) is 30.3 Å². The van der Waals surface area contributed by atoms with E-state index in [0.717, 1.165) is 0 Å². The number of amides is 2. The average molecular weight is 521 g/mol. The fourth-order valence-corrected chi connectivity index (χ4v) is 5.95. The van der Waals surface area contributed by atoms with E-state index in [1.54, 1.807) is 52.9 Å². The number of nitrogens with one attached hydrogen (secondary N) is 1. The highest BCUT2D eigenvalue weighted by Crippen LogP contribution is 2.30. The molecule has 1 aromatic heterocycles. The smallest absolute Gasteiger partial charge is 0.262 e. The zero-order valence-electron chi connectivity index (χ0n) is 20.4. The third-order valence-corrected chi connectivity index (χ3v) is 8.02. The second kappa shape index (κ2) is 11.4. The summed E-state index contributed by atoms with van der Waals surface area (Å²) in [7, 11) is -2.36. The van der Waals surface area contributed by atoms with E-state index in [1.807, 2.05) is 24.3 Å². The number of aromatic nitrogens is 2. The van der Waals surface area contributed by atoms with E-state index in [4.69, 9.17) is 5.26 Å². The van der Waals surface area contributed by atoms with Gasteiger partial charge >= 0.3 is 0 Å². The number of hydrogen-bond donors (Lipinski definition) is 1. The first-order valence-electron chi connectivity index (χ1n) is 11.9. The van der Waals surface area contributed by atoms with Crippen LogP contribution in [0.5, 0.6) is 0 Å². The molecule has 0 bridgehead atoms. The number of imidazole rings is 1. The molecule has 0 spiro atoms. The van der Waals surface area contributed by atoms with Crippen molar-refractivity contribution >= 4 is 21.8 Å². The predicted octanol–water partition coefficient (Wildman–Crippen LogP) is 2.08. The number of carbonyl (C=O) groups excluding carboxylic acids is 2. The number of rotatable bonds is 4. The first kappa shape index (κ1) is 26.1.